The molecule has 11 heteroatoms. The number of hydrogen-bond donors (Lipinski definition) is 4. The number of piperazine rings is 1. The highest BCUT2D eigenvalue weighted by Crippen LogP contribution is 2.37. The maximum atomic E-state index is 13.3. The zero-order chi connectivity index (χ0) is 36.4. The number of epoxide rings is 1. The first kappa shape index (κ1) is 41.1. The Morgan fingerprint density at radius 2 is 1.90 bits per heavy atom. The van der Waals surface area contributed by atoms with Gasteiger partial charge in [-0.3, -0.25) is 9.69 Å². The van der Waals surface area contributed by atoms with Crippen LogP contribution in [0.15, 0.2) is 36.0 Å². The number of hydrogen-bond acceptors (Lipinski definition) is 10. The van der Waals surface area contributed by atoms with Gasteiger partial charge < -0.3 is 39.5 Å². The van der Waals surface area contributed by atoms with Crippen molar-refractivity contribution in [3.05, 3.63) is 36.0 Å². The second-order valence-electron chi connectivity index (χ2n) is 15.1. The molecule has 4 N–H and O–H groups in total. The molecule has 0 aromatic carbocycles. The molecule has 0 radical (unpaired) electrons. The Kier molecular flexibility index (Phi) is 15.8. The zero-order valence-corrected chi connectivity index (χ0v) is 30.9. The third-order valence-corrected chi connectivity index (χ3v) is 10.3. The Morgan fingerprint density at radius 3 is 2.55 bits per heavy atom. The van der Waals surface area contributed by atoms with Gasteiger partial charge in [-0.2, -0.15) is 0 Å². The minimum atomic E-state index is -1.48. The lowest BCUT2D eigenvalue weighted by Crippen LogP contribution is -2.51. The van der Waals surface area contributed by atoms with E-state index in [-0.39, 0.29) is 43.3 Å². The molecule has 0 spiro atoms. The van der Waals surface area contributed by atoms with Crippen LogP contribution in [0.1, 0.15) is 99.8 Å². The number of cyclic esters (lactones) is 1. The second-order valence-corrected chi connectivity index (χ2v) is 15.1. The Morgan fingerprint density at radius 1 is 1.20 bits per heavy atom. The van der Waals surface area contributed by atoms with Crippen LogP contribution >= 0.6 is 0 Å². The fourth-order valence-electron chi connectivity index (χ4n) is 6.72. The number of rotatable bonds is 13. The third-order valence-electron chi connectivity index (χ3n) is 10.3. The second kappa shape index (κ2) is 18.8. The van der Waals surface area contributed by atoms with Crippen molar-refractivity contribution in [3.63, 3.8) is 0 Å². The van der Waals surface area contributed by atoms with Crippen molar-refractivity contribution in [3.8, 4) is 0 Å². The summed E-state index contributed by atoms with van der Waals surface area (Å²) in [6.45, 7) is 16.7. The monoisotopic (exact) mass is 692 g/mol. The Balaban J connectivity index is 1.70. The minimum Gasteiger partial charge on any atom is -0.457 e. The summed E-state index contributed by atoms with van der Waals surface area (Å²) in [5.41, 5.74) is -1.93. The van der Waals surface area contributed by atoms with Crippen molar-refractivity contribution >= 4 is 12.1 Å². The van der Waals surface area contributed by atoms with E-state index in [1.807, 2.05) is 27.7 Å². The number of esters is 1. The van der Waals surface area contributed by atoms with Crippen LogP contribution in [0.4, 0.5) is 4.79 Å². The topological polar surface area (TPSA) is 153 Å². The van der Waals surface area contributed by atoms with Crippen LogP contribution < -0.4 is 0 Å². The highest BCUT2D eigenvalue weighted by molar-refractivity contribution is 5.70. The standard InChI is InChI=1S/C38H64N2O9/c1-8-10-11-19-39-20-22-40(23-21-39)36(44)48-32-15-14-27(4)34(49-33(43)24-29(41)16-18-38(32,7)46)26(3)13-12-17-37(6,45)25-31-35(47-31)28(5)30(42)9-2/h12-15,17,27-32,34-35,41-42,45-46H,8-11,16,18-25H2,1-7H3/b15-14+,17-12+,26-13+. The lowest BCUT2D eigenvalue weighted by molar-refractivity contribution is -0.151. The molecular formula is C38H64N2O9. The van der Waals surface area contributed by atoms with Crippen LogP contribution in [0.25, 0.3) is 0 Å². The molecule has 49 heavy (non-hydrogen) atoms. The van der Waals surface area contributed by atoms with Crippen molar-refractivity contribution in [1.82, 2.24) is 9.80 Å². The number of allylic oxidation sites excluding steroid dienone is 2. The van der Waals surface area contributed by atoms with Gasteiger partial charge in [0.1, 0.15) is 11.7 Å². The van der Waals surface area contributed by atoms with E-state index >= 15 is 0 Å². The normalized spacial score (nSPS) is 33.9. The van der Waals surface area contributed by atoms with E-state index in [0.717, 1.165) is 26.1 Å². The van der Waals surface area contributed by atoms with E-state index in [0.29, 0.717) is 31.5 Å². The van der Waals surface area contributed by atoms with Gasteiger partial charge in [0.05, 0.1) is 36.4 Å². The van der Waals surface area contributed by atoms with Gasteiger partial charge in [0, 0.05) is 44.4 Å². The zero-order valence-electron chi connectivity index (χ0n) is 30.9. The third kappa shape index (κ3) is 13.1. The van der Waals surface area contributed by atoms with Crippen molar-refractivity contribution in [2.75, 3.05) is 32.7 Å². The molecule has 3 rings (SSSR count). The molecule has 3 aliphatic heterocycles. The average Bonchev–Trinajstić information content (AvgIpc) is 3.81. The van der Waals surface area contributed by atoms with Crippen molar-refractivity contribution in [1.29, 1.82) is 0 Å². The lowest BCUT2D eigenvalue weighted by atomic mass is 9.88. The molecule has 280 valence electrons. The number of nitrogens with zero attached hydrogens (tertiary/aromatic N) is 2. The number of carbonyl (C=O) groups is 2. The van der Waals surface area contributed by atoms with Gasteiger partial charge in [-0.1, -0.05) is 64.8 Å². The predicted octanol–water partition coefficient (Wildman–Crippen LogP) is 4.52. The van der Waals surface area contributed by atoms with Crippen molar-refractivity contribution < 1.29 is 44.2 Å². The molecule has 10 unspecified atom stereocenters. The molecule has 0 aliphatic carbocycles. The van der Waals surface area contributed by atoms with Gasteiger partial charge in [-0.05, 0) is 64.6 Å². The van der Waals surface area contributed by atoms with E-state index in [1.165, 1.54) is 12.8 Å². The molecular weight excluding hydrogens is 628 g/mol. The van der Waals surface area contributed by atoms with E-state index in [9.17, 15) is 30.0 Å². The highest BCUT2D eigenvalue weighted by Gasteiger charge is 2.47. The SMILES string of the molecule is CCCCCN1CCN(C(=O)OC2/C=C/C(C)C(/C(C)=C/C=C/C(C)(O)CC3OC3C(C)C(O)CC)OC(=O)CC(O)CCC2(C)O)CC1. The number of aliphatic hydroxyl groups excluding tert-OH is 2. The van der Waals surface area contributed by atoms with Crippen LogP contribution in [-0.2, 0) is 19.0 Å². The summed E-state index contributed by atoms with van der Waals surface area (Å²) in [7, 11) is 0. The summed E-state index contributed by atoms with van der Waals surface area (Å²) in [5, 5.41) is 43.3. The Labute approximate surface area is 294 Å². The largest absolute Gasteiger partial charge is 0.457 e. The summed E-state index contributed by atoms with van der Waals surface area (Å²) in [5.74, 6) is -0.941. The first-order valence-electron chi connectivity index (χ1n) is 18.4. The number of aliphatic hydroxyl groups is 4. The summed E-state index contributed by atoms with van der Waals surface area (Å²) < 4.78 is 17.6. The van der Waals surface area contributed by atoms with Gasteiger partial charge in [0.25, 0.3) is 0 Å². The summed E-state index contributed by atoms with van der Waals surface area (Å²) in [4.78, 5) is 30.2. The summed E-state index contributed by atoms with van der Waals surface area (Å²) in [6.07, 6.45) is 9.28. The summed E-state index contributed by atoms with van der Waals surface area (Å²) >= 11 is 0. The molecule has 3 aliphatic rings. The maximum Gasteiger partial charge on any atom is 0.410 e. The van der Waals surface area contributed by atoms with Gasteiger partial charge in [0.15, 0.2) is 6.10 Å². The molecule has 0 aromatic heterocycles. The lowest BCUT2D eigenvalue weighted by Gasteiger charge is -2.37. The fraction of sp³-hybridized carbons (Fsp3) is 0.789. The van der Waals surface area contributed by atoms with Crippen LogP contribution in [0.2, 0.25) is 0 Å². The van der Waals surface area contributed by atoms with Crippen molar-refractivity contribution in [2.24, 2.45) is 11.8 Å². The fourth-order valence-corrected chi connectivity index (χ4v) is 6.72. The van der Waals surface area contributed by atoms with E-state index in [4.69, 9.17) is 14.2 Å². The van der Waals surface area contributed by atoms with E-state index in [2.05, 4.69) is 11.8 Å². The summed E-state index contributed by atoms with van der Waals surface area (Å²) in [6, 6.07) is 0. The van der Waals surface area contributed by atoms with Gasteiger partial charge >= 0.3 is 12.1 Å². The number of amides is 1. The molecule has 11 nitrogen and oxygen atoms in total. The average molecular weight is 693 g/mol. The Hall–Kier alpha value is -2.28. The van der Waals surface area contributed by atoms with E-state index in [1.54, 1.807) is 49.1 Å². The minimum absolute atomic E-state index is 0.0107. The van der Waals surface area contributed by atoms with Gasteiger partial charge in [-0.15, -0.1) is 0 Å². The first-order valence-corrected chi connectivity index (χ1v) is 18.4. The molecule has 2 saturated heterocycles. The van der Waals surface area contributed by atoms with Gasteiger partial charge in [-0.25, -0.2) is 4.79 Å². The molecule has 2 fully saturated rings. The molecule has 0 bridgehead atoms. The maximum absolute atomic E-state index is 13.3. The molecule has 0 saturated carbocycles. The smallest absolute Gasteiger partial charge is 0.410 e. The highest BCUT2D eigenvalue weighted by atomic mass is 16.6. The first-order chi connectivity index (χ1) is 23.1. The van der Waals surface area contributed by atoms with Gasteiger partial charge in [0.2, 0.25) is 0 Å². The van der Waals surface area contributed by atoms with Crippen molar-refractivity contribution in [2.45, 2.75) is 148 Å². The Bertz CT molecular complexity index is 1140. The van der Waals surface area contributed by atoms with Crippen LogP contribution in [0.5, 0.6) is 0 Å². The number of ether oxygens (including phenoxy) is 3. The van der Waals surface area contributed by atoms with E-state index < -0.39 is 47.7 Å². The molecule has 3 heterocycles. The number of unbranched alkanes of at least 4 members (excludes halogenated alkanes) is 2. The molecule has 1 amide bonds. The molecule has 0 aromatic rings. The predicted molar refractivity (Wildman–Crippen MR) is 189 cm³/mol. The quantitative estimate of drug-likeness (QED) is 0.0713. The van der Waals surface area contributed by atoms with Crippen LogP contribution in [-0.4, -0.2) is 123 Å². The van der Waals surface area contributed by atoms with Crippen LogP contribution in [0, 0.1) is 11.8 Å². The van der Waals surface area contributed by atoms with Crippen LogP contribution in [0.3, 0.4) is 0 Å². The molecule has 10 atom stereocenters. The number of carbonyl (C=O) groups excluding carboxylic acids is 2.